The summed E-state index contributed by atoms with van der Waals surface area (Å²) in [4.78, 5) is 37.8. The van der Waals surface area contributed by atoms with Crippen molar-refractivity contribution >= 4 is 17.4 Å². The molecule has 3 heterocycles. The van der Waals surface area contributed by atoms with E-state index in [2.05, 4.69) is 37.7 Å². The van der Waals surface area contributed by atoms with Gasteiger partial charge in [-0.15, -0.1) is 0 Å². The van der Waals surface area contributed by atoms with Crippen LogP contribution in [-0.4, -0.2) is 46.4 Å². The highest BCUT2D eigenvalue weighted by molar-refractivity contribution is 6.05. The SMILES string of the molecule is CC(C)C(=O)c1ncc(-c2cccc(C3COC3)c2)cc1NC(=O)CNCc1ccncn1. The van der Waals surface area contributed by atoms with Crippen molar-refractivity contribution < 1.29 is 14.3 Å². The third-order valence-electron chi connectivity index (χ3n) is 5.48. The maximum atomic E-state index is 12.7. The number of hydrogen-bond acceptors (Lipinski definition) is 7. The average molecular weight is 446 g/mol. The number of amides is 1. The molecule has 1 aliphatic heterocycles. The van der Waals surface area contributed by atoms with Crippen LogP contribution in [0, 0.1) is 5.92 Å². The Labute approximate surface area is 192 Å². The summed E-state index contributed by atoms with van der Waals surface area (Å²) in [6, 6.07) is 11.8. The molecule has 8 nitrogen and oxygen atoms in total. The van der Waals surface area contributed by atoms with Gasteiger partial charge in [-0.3, -0.25) is 14.6 Å². The summed E-state index contributed by atoms with van der Waals surface area (Å²) < 4.78 is 5.31. The topological polar surface area (TPSA) is 106 Å². The highest BCUT2D eigenvalue weighted by Crippen LogP contribution is 2.30. The molecule has 0 radical (unpaired) electrons. The van der Waals surface area contributed by atoms with E-state index in [1.54, 1.807) is 18.5 Å². The third-order valence-corrected chi connectivity index (χ3v) is 5.48. The van der Waals surface area contributed by atoms with Gasteiger partial charge >= 0.3 is 0 Å². The maximum absolute atomic E-state index is 12.7. The lowest BCUT2D eigenvalue weighted by Gasteiger charge is -2.26. The fraction of sp³-hybridized carbons (Fsp3) is 0.320. The predicted molar refractivity (Wildman–Crippen MR) is 125 cm³/mol. The zero-order chi connectivity index (χ0) is 23.2. The van der Waals surface area contributed by atoms with E-state index in [0.717, 1.165) is 30.0 Å². The molecule has 1 fully saturated rings. The minimum absolute atomic E-state index is 0.0701. The molecule has 2 N–H and O–H groups in total. The van der Waals surface area contributed by atoms with Crippen LogP contribution >= 0.6 is 0 Å². The van der Waals surface area contributed by atoms with E-state index < -0.39 is 0 Å². The van der Waals surface area contributed by atoms with Gasteiger partial charge in [0.1, 0.15) is 12.0 Å². The van der Waals surface area contributed by atoms with E-state index in [1.165, 1.54) is 11.9 Å². The summed E-state index contributed by atoms with van der Waals surface area (Å²) in [5, 5.41) is 5.92. The van der Waals surface area contributed by atoms with Gasteiger partial charge in [0, 0.05) is 36.3 Å². The van der Waals surface area contributed by atoms with E-state index in [0.29, 0.717) is 18.2 Å². The molecule has 2 aromatic heterocycles. The molecule has 3 aromatic rings. The Balaban J connectivity index is 1.52. The number of rotatable bonds is 9. The zero-order valence-corrected chi connectivity index (χ0v) is 18.7. The van der Waals surface area contributed by atoms with Crippen molar-refractivity contribution in [3.8, 4) is 11.1 Å². The van der Waals surface area contributed by atoms with Gasteiger partial charge in [-0.25, -0.2) is 9.97 Å². The monoisotopic (exact) mass is 445 g/mol. The van der Waals surface area contributed by atoms with Crippen molar-refractivity contribution in [2.45, 2.75) is 26.3 Å². The lowest BCUT2D eigenvalue weighted by atomic mass is 9.94. The van der Waals surface area contributed by atoms with Crippen LogP contribution in [0.4, 0.5) is 5.69 Å². The number of anilines is 1. The molecule has 4 rings (SSSR count). The van der Waals surface area contributed by atoms with Crippen LogP contribution in [-0.2, 0) is 16.1 Å². The Bertz CT molecular complexity index is 1130. The lowest BCUT2D eigenvalue weighted by molar-refractivity contribution is -0.115. The molecule has 1 amide bonds. The Kier molecular flexibility index (Phi) is 7.16. The van der Waals surface area contributed by atoms with Crippen molar-refractivity contribution in [2.75, 3.05) is 25.1 Å². The molecule has 1 aliphatic rings. The first-order valence-corrected chi connectivity index (χ1v) is 11.0. The molecule has 170 valence electrons. The second-order valence-corrected chi connectivity index (χ2v) is 8.35. The number of nitrogens with one attached hydrogen (secondary N) is 2. The van der Waals surface area contributed by atoms with E-state index in [4.69, 9.17) is 4.74 Å². The van der Waals surface area contributed by atoms with Gasteiger partial charge in [0.25, 0.3) is 0 Å². The van der Waals surface area contributed by atoms with Gasteiger partial charge in [-0.2, -0.15) is 0 Å². The number of benzene rings is 1. The minimum atomic E-state index is -0.263. The molecular weight excluding hydrogens is 418 g/mol. The first-order chi connectivity index (χ1) is 16.0. The second kappa shape index (κ2) is 10.4. The summed E-state index contributed by atoms with van der Waals surface area (Å²) >= 11 is 0. The Hall–Kier alpha value is -3.49. The lowest BCUT2D eigenvalue weighted by Crippen LogP contribution is -2.29. The maximum Gasteiger partial charge on any atom is 0.238 e. The van der Waals surface area contributed by atoms with Crippen LogP contribution in [0.5, 0.6) is 0 Å². The third kappa shape index (κ3) is 5.66. The van der Waals surface area contributed by atoms with Crippen molar-refractivity contribution in [3.05, 3.63) is 72.1 Å². The summed E-state index contributed by atoms with van der Waals surface area (Å²) in [6.45, 7) is 5.60. The first kappa shape index (κ1) is 22.7. The quantitative estimate of drug-likeness (QED) is 0.487. The van der Waals surface area contributed by atoms with Gasteiger partial charge in [-0.05, 0) is 23.3 Å². The van der Waals surface area contributed by atoms with Crippen LogP contribution in [0.2, 0.25) is 0 Å². The van der Waals surface area contributed by atoms with Gasteiger partial charge < -0.3 is 15.4 Å². The van der Waals surface area contributed by atoms with E-state index in [1.807, 2.05) is 32.0 Å². The van der Waals surface area contributed by atoms with Crippen LogP contribution < -0.4 is 10.6 Å². The number of ketones is 1. The molecular formula is C25H27N5O3. The number of carbonyl (C=O) groups excluding carboxylic acids is 2. The normalized spacial score (nSPS) is 13.5. The predicted octanol–water partition coefficient (Wildman–Crippen LogP) is 3.22. The van der Waals surface area contributed by atoms with Gasteiger partial charge in [0.05, 0.1) is 31.1 Å². The van der Waals surface area contributed by atoms with Crippen molar-refractivity contribution in [3.63, 3.8) is 0 Å². The molecule has 0 bridgehead atoms. The molecule has 0 atom stereocenters. The number of nitrogens with zero attached hydrogens (tertiary/aromatic N) is 3. The number of carbonyl (C=O) groups is 2. The number of Topliss-reactive ketones (excluding diaryl/α,β-unsaturated/α-hetero) is 1. The van der Waals surface area contributed by atoms with E-state index in [9.17, 15) is 9.59 Å². The summed E-state index contributed by atoms with van der Waals surface area (Å²) in [5.74, 6) is -0.219. The van der Waals surface area contributed by atoms with Crippen LogP contribution in [0.3, 0.4) is 0 Å². The second-order valence-electron chi connectivity index (χ2n) is 8.35. The molecule has 0 aliphatic carbocycles. The highest BCUT2D eigenvalue weighted by Gasteiger charge is 2.22. The number of aromatic nitrogens is 3. The average Bonchev–Trinajstić information content (AvgIpc) is 2.78. The Morgan fingerprint density at radius 1 is 1.12 bits per heavy atom. The molecule has 33 heavy (non-hydrogen) atoms. The first-order valence-electron chi connectivity index (χ1n) is 11.0. The summed E-state index contributed by atoms with van der Waals surface area (Å²) in [5.41, 5.74) is 4.49. The number of hydrogen-bond donors (Lipinski definition) is 2. The van der Waals surface area contributed by atoms with E-state index >= 15 is 0 Å². The molecule has 0 spiro atoms. The van der Waals surface area contributed by atoms with Gasteiger partial charge in [-0.1, -0.05) is 38.1 Å². The number of pyridine rings is 1. The Morgan fingerprint density at radius 3 is 2.67 bits per heavy atom. The largest absolute Gasteiger partial charge is 0.380 e. The van der Waals surface area contributed by atoms with Crippen molar-refractivity contribution in [2.24, 2.45) is 5.92 Å². The molecule has 8 heteroatoms. The fourth-order valence-corrected chi connectivity index (χ4v) is 3.51. The summed E-state index contributed by atoms with van der Waals surface area (Å²) in [7, 11) is 0. The van der Waals surface area contributed by atoms with Gasteiger partial charge in [0.15, 0.2) is 5.78 Å². The van der Waals surface area contributed by atoms with Gasteiger partial charge in [0.2, 0.25) is 5.91 Å². The van der Waals surface area contributed by atoms with Crippen LogP contribution in [0.1, 0.15) is 41.5 Å². The molecule has 0 unspecified atom stereocenters. The molecule has 1 aromatic carbocycles. The smallest absolute Gasteiger partial charge is 0.238 e. The van der Waals surface area contributed by atoms with Crippen molar-refractivity contribution in [1.29, 1.82) is 0 Å². The fourth-order valence-electron chi connectivity index (χ4n) is 3.51. The summed E-state index contributed by atoms with van der Waals surface area (Å²) in [6.07, 6.45) is 4.80. The zero-order valence-electron chi connectivity index (χ0n) is 18.7. The van der Waals surface area contributed by atoms with Crippen LogP contribution in [0.25, 0.3) is 11.1 Å². The molecule has 0 saturated carbocycles. The standard InChI is InChI=1S/C25H27N5O3/c1-16(2)25(32)24-22(30-23(31)12-27-11-21-6-7-26-15-29-21)9-19(10-28-24)17-4-3-5-18(8-17)20-13-33-14-20/h3-10,15-16,20,27H,11-14H2,1-2H3,(H,30,31). The van der Waals surface area contributed by atoms with Crippen molar-refractivity contribution in [1.82, 2.24) is 20.3 Å². The van der Waals surface area contributed by atoms with E-state index in [-0.39, 0.29) is 29.8 Å². The minimum Gasteiger partial charge on any atom is -0.380 e. The van der Waals surface area contributed by atoms with Crippen LogP contribution in [0.15, 0.2) is 55.1 Å². The Morgan fingerprint density at radius 2 is 1.97 bits per heavy atom. The highest BCUT2D eigenvalue weighted by atomic mass is 16.5. The molecule has 1 saturated heterocycles. The number of ether oxygens (including phenoxy) is 1.